The van der Waals surface area contributed by atoms with E-state index in [4.69, 9.17) is 10.5 Å². The van der Waals surface area contributed by atoms with Crippen LogP contribution in [0, 0.1) is 0 Å². The van der Waals surface area contributed by atoms with E-state index in [1.165, 1.54) is 49.7 Å². The SMILES string of the molecule is NC1CCCc2c(OC3CCCCC3)cccc21. The van der Waals surface area contributed by atoms with Crippen LogP contribution in [0.25, 0.3) is 0 Å². The molecule has 1 aromatic rings. The van der Waals surface area contributed by atoms with E-state index >= 15 is 0 Å². The van der Waals surface area contributed by atoms with Crippen molar-refractivity contribution >= 4 is 0 Å². The van der Waals surface area contributed by atoms with Crippen molar-refractivity contribution in [2.45, 2.75) is 63.5 Å². The van der Waals surface area contributed by atoms with Gasteiger partial charge in [-0.15, -0.1) is 0 Å². The Bertz CT molecular complexity index is 410. The third-order valence-corrected chi connectivity index (χ3v) is 4.36. The Hall–Kier alpha value is -1.02. The van der Waals surface area contributed by atoms with Gasteiger partial charge in [0.05, 0.1) is 6.10 Å². The first kappa shape index (κ1) is 12.0. The summed E-state index contributed by atoms with van der Waals surface area (Å²) in [6, 6.07) is 6.62. The zero-order chi connectivity index (χ0) is 12.4. The van der Waals surface area contributed by atoms with Gasteiger partial charge in [0.15, 0.2) is 0 Å². The highest BCUT2D eigenvalue weighted by Crippen LogP contribution is 2.35. The summed E-state index contributed by atoms with van der Waals surface area (Å²) in [7, 11) is 0. The van der Waals surface area contributed by atoms with Crippen molar-refractivity contribution in [3.05, 3.63) is 29.3 Å². The van der Waals surface area contributed by atoms with E-state index in [9.17, 15) is 0 Å². The molecule has 1 unspecified atom stereocenters. The van der Waals surface area contributed by atoms with E-state index in [-0.39, 0.29) is 6.04 Å². The van der Waals surface area contributed by atoms with E-state index in [0.717, 1.165) is 18.6 Å². The van der Waals surface area contributed by atoms with Crippen molar-refractivity contribution in [1.29, 1.82) is 0 Å². The lowest BCUT2D eigenvalue weighted by Gasteiger charge is -2.28. The summed E-state index contributed by atoms with van der Waals surface area (Å²) in [5.74, 6) is 1.11. The number of rotatable bonds is 2. The minimum atomic E-state index is 0.212. The summed E-state index contributed by atoms with van der Waals surface area (Å²) in [5, 5.41) is 0. The fraction of sp³-hybridized carbons (Fsp3) is 0.625. The summed E-state index contributed by atoms with van der Waals surface area (Å²) in [5.41, 5.74) is 8.88. The lowest BCUT2D eigenvalue weighted by molar-refractivity contribution is 0.153. The maximum Gasteiger partial charge on any atom is 0.123 e. The third-order valence-electron chi connectivity index (χ3n) is 4.36. The van der Waals surface area contributed by atoms with E-state index in [0.29, 0.717) is 6.10 Å². The molecule has 18 heavy (non-hydrogen) atoms. The molecular weight excluding hydrogens is 222 g/mol. The fourth-order valence-electron chi connectivity index (χ4n) is 3.32. The molecule has 1 aromatic carbocycles. The van der Waals surface area contributed by atoms with Gasteiger partial charge >= 0.3 is 0 Å². The highest BCUT2D eigenvalue weighted by atomic mass is 16.5. The molecule has 0 radical (unpaired) electrons. The van der Waals surface area contributed by atoms with Crippen LogP contribution in [0.3, 0.4) is 0 Å². The first-order valence-electron chi connectivity index (χ1n) is 7.38. The number of benzene rings is 1. The molecule has 0 saturated heterocycles. The molecule has 2 nitrogen and oxygen atoms in total. The lowest BCUT2D eigenvalue weighted by Crippen LogP contribution is -2.22. The van der Waals surface area contributed by atoms with Gasteiger partial charge in [0.2, 0.25) is 0 Å². The first-order valence-corrected chi connectivity index (χ1v) is 7.38. The van der Waals surface area contributed by atoms with Crippen molar-refractivity contribution in [2.75, 3.05) is 0 Å². The van der Waals surface area contributed by atoms with Gasteiger partial charge in [-0.05, 0) is 62.1 Å². The van der Waals surface area contributed by atoms with Gasteiger partial charge in [-0.1, -0.05) is 18.6 Å². The second-order valence-corrected chi connectivity index (χ2v) is 5.70. The number of hydrogen-bond donors (Lipinski definition) is 1. The Balaban J connectivity index is 1.81. The van der Waals surface area contributed by atoms with Crippen molar-refractivity contribution in [3.8, 4) is 5.75 Å². The molecule has 1 atom stereocenters. The molecule has 0 spiro atoms. The maximum absolute atomic E-state index is 6.25. The predicted molar refractivity (Wildman–Crippen MR) is 73.8 cm³/mol. The zero-order valence-corrected chi connectivity index (χ0v) is 11.0. The van der Waals surface area contributed by atoms with Crippen LogP contribution in [-0.4, -0.2) is 6.10 Å². The van der Waals surface area contributed by atoms with Gasteiger partial charge in [-0.25, -0.2) is 0 Å². The Kier molecular flexibility index (Phi) is 3.55. The van der Waals surface area contributed by atoms with Crippen LogP contribution in [0.5, 0.6) is 5.75 Å². The van der Waals surface area contributed by atoms with Crippen molar-refractivity contribution in [1.82, 2.24) is 0 Å². The molecule has 2 aliphatic carbocycles. The molecule has 1 fully saturated rings. The molecule has 98 valence electrons. The Labute approximate surface area is 110 Å². The van der Waals surface area contributed by atoms with Crippen molar-refractivity contribution in [2.24, 2.45) is 5.73 Å². The Morgan fingerprint density at radius 3 is 2.67 bits per heavy atom. The summed E-state index contributed by atoms with van der Waals surface area (Å²) >= 11 is 0. The molecule has 0 aromatic heterocycles. The zero-order valence-electron chi connectivity index (χ0n) is 11.0. The van der Waals surface area contributed by atoms with E-state index < -0.39 is 0 Å². The maximum atomic E-state index is 6.25. The summed E-state index contributed by atoms with van der Waals surface area (Å²) in [6.07, 6.45) is 10.3. The number of ether oxygens (including phenoxy) is 1. The van der Waals surface area contributed by atoms with E-state index in [1.54, 1.807) is 0 Å². The average Bonchev–Trinajstić information content (AvgIpc) is 2.41. The van der Waals surface area contributed by atoms with Gasteiger partial charge in [0.25, 0.3) is 0 Å². The quantitative estimate of drug-likeness (QED) is 0.861. The van der Waals surface area contributed by atoms with Crippen LogP contribution < -0.4 is 10.5 Å². The van der Waals surface area contributed by atoms with Gasteiger partial charge in [-0.2, -0.15) is 0 Å². The van der Waals surface area contributed by atoms with Gasteiger partial charge in [0.1, 0.15) is 5.75 Å². The smallest absolute Gasteiger partial charge is 0.123 e. The Morgan fingerprint density at radius 1 is 1.00 bits per heavy atom. The predicted octanol–water partition coefficient (Wildman–Crippen LogP) is 3.73. The average molecular weight is 245 g/mol. The minimum absolute atomic E-state index is 0.212. The second kappa shape index (κ2) is 5.31. The Morgan fingerprint density at radius 2 is 1.83 bits per heavy atom. The van der Waals surface area contributed by atoms with Crippen LogP contribution in [0.15, 0.2) is 18.2 Å². The van der Waals surface area contributed by atoms with Gasteiger partial charge in [0, 0.05) is 6.04 Å². The number of hydrogen-bond acceptors (Lipinski definition) is 2. The molecule has 0 bridgehead atoms. The summed E-state index contributed by atoms with van der Waals surface area (Å²) in [4.78, 5) is 0. The first-order chi connectivity index (χ1) is 8.84. The van der Waals surface area contributed by atoms with Crippen LogP contribution in [0.1, 0.15) is 62.1 Å². The van der Waals surface area contributed by atoms with Gasteiger partial charge < -0.3 is 10.5 Å². The van der Waals surface area contributed by atoms with Crippen LogP contribution in [0.4, 0.5) is 0 Å². The summed E-state index contributed by atoms with van der Waals surface area (Å²) < 4.78 is 6.25. The standard InChI is InChI=1S/C16H23NO/c17-15-10-4-9-14-13(15)8-5-11-16(14)18-12-6-2-1-3-7-12/h5,8,11-12,15H,1-4,6-7,9-10,17H2. The molecule has 1 saturated carbocycles. The third kappa shape index (κ3) is 2.39. The highest BCUT2D eigenvalue weighted by molar-refractivity contribution is 5.43. The number of nitrogens with two attached hydrogens (primary N) is 1. The minimum Gasteiger partial charge on any atom is -0.490 e. The van der Waals surface area contributed by atoms with Gasteiger partial charge in [-0.3, -0.25) is 0 Å². The lowest BCUT2D eigenvalue weighted by atomic mass is 9.87. The highest BCUT2D eigenvalue weighted by Gasteiger charge is 2.22. The fourth-order valence-corrected chi connectivity index (χ4v) is 3.32. The largest absolute Gasteiger partial charge is 0.490 e. The monoisotopic (exact) mass is 245 g/mol. The summed E-state index contributed by atoms with van der Waals surface area (Å²) in [6.45, 7) is 0. The topological polar surface area (TPSA) is 35.2 Å². The van der Waals surface area contributed by atoms with Crippen LogP contribution in [-0.2, 0) is 6.42 Å². The molecule has 2 aliphatic rings. The normalized spacial score (nSPS) is 24.6. The van der Waals surface area contributed by atoms with Crippen molar-refractivity contribution in [3.63, 3.8) is 0 Å². The van der Waals surface area contributed by atoms with Crippen LogP contribution >= 0.6 is 0 Å². The molecule has 2 N–H and O–H groups in total. The van der Waals surface area contributed by atoms with Crippen molar-refractivity contribution < 1.29 is 4.74 Å². The molecule has 3 rings (SSSR count). The number of fused-ring (bicyclic) bond motifs is 1. The van der Waals surface area contributed by atoms with E-state index in [2.05, 4.69) is 18.2 Å². The van der Waals surface area contributed by atoms with E-state index in [1.807, 2.05) is 0 Å². The molecule has 2 heteroatoms. The second-order valence-electron chi connectivity index (χ2n) is 5.70. The molecule has 0 aliphatic heterocycles. The molecule has 0 amide bonds. The van der Waals surface area contributed by atoms with Crippen LogP contribution in [0.2, 0.25) is 0 Å². The molecular formula is C16H23NO. The molecule has 0 heterocycles.